The van der Waals surface area contributed by atoms with Gasteiger partial charge < -0.3 is 10.1 Å². The van der Waals surface area contributed by atoms with Crippen LogP contribution in [0.1, 0.15) is 10.6 Å². The van der Waals surface area contributed by atoms with Gasteiger partial charge in [-0.1, -0.05) is 23.4 Å². The molecule has 0 saturated heterocycles. The highest BCUT2D eigenvalue weighted by Gasteiger charge is 2.16. The van der Waals surface area contributed by atoms with E-state index in [9.17, 15) is 0 Å². The summed E-state index contributed by atoms with van der Waals surface area (Å²) in [5.41, 5.74) is 3.14. The molecule has 0 saturated carbocycles. The van der Waals surface area contributed by atoms with Crippen LogP contribution in [0.5, 0.6) is 5.75 Å². The predicted octanol–water partition coefficient (Wildman–Crippen LogP) is 5.78. The molecule has 0 unspecified atom stereocenters. The first kappa shape index (κ1) is 14.9. The van der Waals surface area contributed by atoms with Crippen LogP contribution < -0.4 is 10.1 Å². The zero-order chi connectivity index (χ0) is 16.0. The number of aryl methyl sites for hydroxylation is 1. The van der Waals surface area contributed by atoms with Crippen molar-refractivity contribution in [1.82, 2.24) is 4.98 Å². The molecule has 4 rings (SSSR count). The van der Waals surface area contributed by atoms with Gasteiger partial charge in [0, 0.05) is 22.1 Å². The van der Waals surface area contributed by atoms with Crippen LogP contribution in [-0.4, -0.2) is 12.1 Å². The van der Waals surface area contributed by atoms with Crippen molar-refractivity contribution in [3.05, 3.63) is 51.0 Å². The van der Waals surface area contributed by atoms with Gasteiger partial charge in [0.15, 0.2) is 0 Å². The van der Waals surface area contributed by atoms with Crippen LogP contribution in [0, 0.1) is 6.92 Å². The maximum Gasteiger partial charge on any atom is 0.124 e. The normalized spacial score (nSPS) is 15.0. The Morgan fingerprint density at radius 2 is 2.13 bits per heavy atom. The monoisotopic (exact) mass is 360 g/mol. The first-order valence-corrected chi connectivity index (χ1v) is 9.05. The number of nitrogens with zero attached hydrogens (tertiary/aromatic N) is 1. The van der Waals surface area contributed by atoms with Crippen molar-refractivity contribution in [3.63, 3.8) is 0 Å². The van der Waals surface area contributed by atoms with Crippen molar-refractivity contribution in [2.75, 3.05) is 12.4 Å². The minimum Gasteiger partial charge on any atom is -0.496 e. The highest BCUT2D eigenvalue weighted by molar-refractivity contribution is 8.03. The van der Waals surface area contributed by atoms with Gasteiger partial charge in [0.25, 0.3) is 0 Å². The van der Waals surface area contributed by atoms with E-state index in [2.05, 4.69) is 22.4 Å². The van der Waals surface area contributed by atoms with Gasteiger partial charge >= 0.3 is 0 Å². The lowest BCUT2D eigenvalue weighted by Gasteiger charge is -2.02. The second kappa shape index (κ2) is 5.74. The number of hydrogen-bond donors (Lipinski definition) is 1. The Morgan fingerprint density at radius 1 is 1.26 bits per heavy atom. The van der Waals surface area contributed by atoms with Gasteiger partial charge in [-0.2, -0.15) is 0 Å². The predicted molar refractivity (Wildman–Crippen MR) is 99.8 cm³/mol. The summed E-state index contributed by atoms with van der Waals surface area (Å²) < 4.78 is 6.53. The fourth-order valence-corrected chi connectivity index (χ4v) is 4.66. The van der Waals surface area contributed by atoms with E-state index in [1.807, 2.05) is 31.2 Å². The quantitative estimate of drug-likeness (QED) is 0.627. The van der Waals surface area contributed by atoms with E-state index in [-0.39, 0.29) is 0 Å². The number of anilines is 1. The van der Waals surface area contributed by atoms with E-state index >= 15 is 0 Å². The van der Waals surface area contributed by atoms with E-state index in [1.165, 1.54) is 9.60 Å². The number of nitrogens with one attached hydrogen (secondary N) is 1. The van der Waals surface area contributed by atoms with E-state index in [1.54, 1.807) is 30.2 Å². The van der Waals surface area contributed by atoms with Crippen molar-refractivity contribution in [2.24, 2.45) is 0 Å². The van der Waals surface area contributed by atoms with Crippen LogP contribution in [0.25, 0.3) is 16.3 Å². The zero-order valence-electron chi connectivity index (χ0n) is 12.5. The molecular formula is C17H13ClN2OS2. The molecule has 0 amide bonds. The van der Waals surface area contributed by atoms with Gasteiger partial charge in [-0.15, -0.1) is 11.3 Å². The van der Waals surface area contributed by atoms with Gasteiger partial charge in [-0.05, 0) is 36.8 Å². The fraction of sp³-hybridized carbons (Fsp3) is 0.118. The molecule has 0 fully saturated rings. The third-order valence-electron chi connectivity index (χ3n) is 3.60. The van der Waals surface area contributed by atoms with Gasteiger partial charge in [0.05, 0.1) is 28.0 Å². The van der Waals surface area contributed by atoms with Crippen LogP contribution in [0.2, 0.25) is 5.02 Å². The van der Waals surface area contributed by atoms with Gasteiger partial charge in [-0.25, -0.2) is 4.98 Å². The van der Waals surface area contributed by atoms with Crippen molar-refractivity contribution >= 4 is 56.7 Å². The molecule has 6 heteroatoms. The first-order chi connectivity index (χ1) is 11.1. The Kier molecular flexibility index (Phi) is 3.71. The van der Waals surface area contributed by atoms with Crippen LogP contribution in [0.3, 0.4) is 0 Å². The third kappa shape index (κ3) is 2.80. The third-order valence-corrected chi connectivity index (χ3v) is 5.81. The maximum absolute atomic E-state index is 6.04. The summed E-state index contributed by atoms with van der Waals surface area (Å²) in [6, 6.07) is 10.00. The summed E-state index contributed by atoms with van der Waals surface area (Å²) in [6.45, 7) is 2.05. The fourth-order valence-electron chi connectivity index (χ4n) is 2.50. The second-order valence-corrected chi connectivity index (χ2v) is 7.80. The van der Waals surface area contributed by atoms with E-state index < -0.39 is 0 Å². The molecule has 3 nitrogen and oxygen atoms in total. The molecule has 1 N–H and O–H groups in total. The Morgan fingerprint density at radius 3 is 2.96 bits per heavy atom. The van der Waals surface area contributed by atoms with Crippen LogP contribution >= 0.6 is 34.7 Å². The van der Waals surface area contributed by atoms with E-state index in [0.29, 0.717) is 0 Å². The topological polar surface area (TPSA) is 34.1 Å². The number of fused-ring (bicyclic) bond motifs is 2. The zero-order valence-corrected chi connectivity index (χ0v) is 14.9. The van der Waals surface area contributed by atoms with Crippen LogP contribution in [0.15, 0.2) is 40.3 Å². The van der Waals surface area contributed by atoms with Crippen molar-refractivity contribution < 1.29 is 4.74 Å². The van der Waals surface area contributed by atoms with Gasteiger partial charge in [0.2, 0.25) is 0 Å². The highest BCUT2D eigenvalue weighted by atomic mass is 35.5. The minimum absolute atomic E-state index is 0.737. The Labute approximate surface area is 147 Å². The summed E-state index contributed by atoms with van der Waals surface area (Å²) in [5, 5.41) is 6.15. The largest absolute Gasteiger partial charge is 0.496 e. The smallest absolute Gasteiger partial charge is 0.124 e. The molecule has 1 aromatic heterocycles. The van der Waals surface area contributed by atoms with Crippen LogP contribution in [0.4, 0.5) is 5.69 Å². The maximum atomic E-state index is 6.04. The standard InChI is InChI=1S/C17H13ClN2OS2/c1-9-5-15-12(7-13(9)21-2)20-17(23-15)8-16-19-11-6-10(18)3-4-14(11)22-16/h3-8,19H,1-2H3/b16-8-. The molecule has 0 atom stereocenters. The number of ether oxygens (including phenoxy) is 1. The Bertz CT molecular complexity index is 949. The number of thiazole rings is 1. The number of aromatic nitrogens is 1. The number of hydrogen-bond acceptors (Lipinski definition) is 5. The van der Waals surface area contributed by atoms with Gasteiger partial charge in [-0.3, -0.25) is 0 Å². The molecule has 116 valence electrons. The number of methoxy groups -OCH3 is 1. The molecule has 3 aromatic rings. The molecule has 0 bridgehead atoms. The van der Waals surface area contributed by atoms with Crippen molar-refractivity contribution in [2.45, 2.75) is 11.8 Å². The highest BCUT2D eigenvalue weighted by Crippen LogP contribution is 2.43. The molecular weight excluding hydrogens is 348 g/mol. The van der Waals surface area contributed by atoms with Crippen LogP contribution in [-0.2, 0) is 0 Å². The van der Waals surface area contributed by atoms with E-state index in [0.717, 1.165) is 37.6 Å². The SMILES string of the molecule is COc1cc2nc(/C=C3/Nc4cc(Cl)ccc4S3)sc2cc1C. The molecule has 23 heavy (non-hydrogen) atoms. The summed E-state index contributed by atoms with van der Waals surface area (Å²) >= 11 is 9.41. The Hall–Kier alpha value is -1.69. The molecule has 1 aliphatic heterocycles. The molecule has 0 radical (unpaired) electrons. The molecule has 2 aromatic carbocycles. The summed E-state index contributed by atoms with van der Waals surface area (Å²) in [7, 11) is 1.69. The lowest BCUT2D eigenvalue weighted by Crippen LogP contribution is -1.88. The second-order valence-electron chi connectivity index (χ2n) is 5.22. The summed E-state index contributed by atoms with van der Waals surface area (Å²) in [4.78, 5) is 5.87. The summed E-state index contributed by atoms with van der Waals surface area (Å²) in [6.07, 6.45) is 2.07. The number of thioether (sulfide) groups is 1. The molecule has 0 spiro atoms. The lowest BCUT2D eigenvalue weighted by atomic mass is 10.2. The molecule has 2 heterocycles. The Balaban J connectivity index is 1.68. The number of benzene rings is 2. The molecule has 1 aliphatic rings. The van der Waals surface area contributed by atoms with Gasteiger partial charge in [0.1, 0.15) is 10.8 Å². The number of rotatable bonds is 2. The average Bonchev–Trinajstić information content (AvgIpc) is 3.08. The molecule has 0 aliphatic carbocycles. The lowest BCUT2D eigenvalue weighted by molar-refractivity contribution is 0.412. The minimum atomic E-state index is 0.737. The first-order valence-electron chi connectivity index (χ1n) is 7.04. The van der Waals surface area contributed by atoms with E-state index in [4.69, 9.17) is 16.3 Å². The number of halogens is 1. The van der Waals surface area contributed by atoms with Crippen molar-refractivity contribution in [3.8, 4) is 5.75 Å². The average molecular weight is 361 g/mol. The van der Waals surface area contributed by atoms with Crippen molar-refractivity contribution in [1.29, 1.82) is 0 Å². The summed E-state index contributed by atoms with van der Waals surface area (Å²) in [5.74, 6) is 0.873.